The molecule has 76 valence electrons. The third-order valence-electron chi connectivity index (χ3n) is 1.97. The van der Waals surface area contributed by atoms with Gasteiger partial charge in [0.05, 0.1) is 3.79 Å². The highest BCUT2D eigenvalue weighted by molar-refractivity contribution is 9.11. The van der Waals surface area contributed by atoms with Gasteiger partial charge in [-0.15, -0.1) is 11.3 Å². The molecule has 0 N–H and O–H groups in total. The first-order chi connectivity index (χ1) is 7.18. The maximum absolute atomic E-state index is 12.0. The van der Waals surface area contributed by atoms with Crippen molar-refractivity contribution in [2.75, 3.05) is 0 Å². The highest BCUT2D eigenvalue weighted by Gasteiger charge is 2.12. The first-order valence-electron chi connectivity index (χ1n) is 4.22. The van der Waals surface area contributed by atoms with Crippen molar-refractivity contribution < 1.29 is 4.79 Å². The first-order valence-corrected chi connectivity index (χ1v) is 6.27. The molecule has 0 atom stereocenters. The zero-order valence-corrected chi connectivity index (χ0v) is 10.7. The molecule has 0 fully saturated rings. The Kier molecular flexibility index (Phi) is 3.24. The highest BCUT2D eigenvalue weighted by atomic mass is 79.9. The fraction of sp³-hybridized carbons (Fsp3) is 0. The number of rotatable bonds is 2. The lowest BCUT2D eigenvalue weighted by molar-refractivity contribution is 0.103. The Balaban J connectivity index is 2.37. The molecule has 0 aliphatic heterocycles. The SMILES string of the molecule is O=C(c1ccc(Cl)cc1)c1ccsc1Br. The van der Waals surface area contributed by atoms with Gasteiger partial charge in [-0.05, 0) is 51.6 Å². The molecule has 0 radical (unpaired) electrons. The molecular formula is C11H6BrClOS. The number of thiophene rings is 1. The molecular weight excluding hydrogens is 296 g/mol. The number of benzene rings is 1. The molecule has 1 nitrogen and oxygen atoms in total. The first kappa shape index (κ1) is 10.9. The number of carbonyl (C=O) groups is 1. The molecule has 0 aliphatic carbocycles. The van der Waals surface area contributed by atoms with Crippen LogP contribution in [0.25, 0.3) is 0 Å². The zero-order chi connectivity index (χ0) is 10.8. The van der Waals surface area contributed by atoms with E-state index in [9.17, 15) is 4.79 Å². The van der Waals surface area contributed by atoms with Gasteiger partial charge in [-0.25, -0.2) is 0 Å². The van der Waals surface area contributed by atoms with Crippen LogP contribution in [-0.4, -0.2) is 5.78 Å². The smallest absolute Gasteiger partial charge is 0.195 e. The monoisotopic (exact) mass is 300 g/mol. The summed E-state index contributed by atoms with van der Waals surface area (Å²) in [4.78, 5) is 12.0. The maximum atomic E-state index is 12.0. The predicted molar refractivity (Wildman–Crippen MR) is 66.9 cm³/mol. The summed E-state index contributed by atoms with van der Waals surface area (Å²) in [6, 6.07) is 8.71. The van der Waals surface area contributed by atoms with Gasteiger partial charge in [0.2, 0.25) is 0 Å². The lowest BCUT2D eigenvalue weighted by Gasteiger charge is -1.99. The third kappa shape index (κ3) is 2.30. The van der Waals surface area contributed by atoms with E-state index in [1.165, 1.54) is 11.3 Å². The quantitative estimate of drug-likeness (QED) is 0.752. The molecule has 15 heavy (non-hydrogen) atoms. The lowest BCUT2D eigenvalue weighted by atomic mass is 10.1. The normalized spacial score (nSPS) is 10.3. The molecule has 0 saturated carbocycles. The van der Waals surface area contributed by atoms with E-state index in [2.05, 4.69) is 15.9 Å². The van der Waals surface area contributed by atoms with E-state index in [-0.39, 0.29) is 5.78 Å². The Bertz CT molecular complexity index is 490. The van der Waals surface area contributed by atoms with Crippen molar-refractivity contribution in [2.45, 2.75) is 0 Å². The average Bonchev–Trinajstić information content (AvgIpc) is 2.65. The second kappa shape index (κ2) is 4.47. The van der Waals surface area contributed by atoms with Crippen LogP contribution < -0.4 is 0 Å². The van der Waals surface area contributed by atoms with E-state index in [1.807, 2.05) is 11.4 Å². The van der Waals surface area contributed by atoms with Crippen LogP contribution in [0, 0.1) is 0 Å². The second-order valence-corrected chi connectivity index (χ2v) is 5.61. The second-order valence-electron chi connectivity index (χ2n) is 2.94. The van der Waals surface area contributed by atoms with Crippen molar-refractivity contribution >= 4 is 44.7 Å². The van der Waals surface area contributed by atoms with Gasteiger partial charge < -0.3 is 0 Å². The van der Waals surface area contributed by atoms with E-state index >= 15 is 0 Å². The molecule has 0 spiro atoms. The Labute approximate surface area is 105 Å². The number of hydrogen-bond donors (Lipinski definition) is 0. The number of hydrogen-bond acceptors (Lipinski definition) is 2. The van der Waals surface area contributed by atoms with Crippen LogP contribution >= 0.6 is 38.9 Å². The average molecular weight is 302 g/mol. The van der Waals surface area contributed by atoms with Crippen LogP contribution in [0.4, 0.5) is 0 Å². The van der Waals surface area contributed by atoms with Crippen molar-refractivity contribution in [2.24, 2.45) is 0 Å². The molecule has 0 amide bonds. The Morgan fingerprint density at radius 2 is 1.87 bits per heavy atom. The number of halogens is 2. The van der Waals surface area contributed by atoms with E-state index in [4.69, 9.17) is 11.6 Å². The van der Waals surface area contributed by atoms with Gasteiger partial charge in [0.25, 0.3) is 0 Å². The van der Waals surface area contributed by atoms with Crippen LogP contribution in [0.15, 0.2) is 39.5 Å². The Morgan fingerprint density at radius 1 is 1.20 bits per heavy atom. The third-order valence-corrected chi connectivity index (χ3v) is 3.91. The molecule has 2 rings (SSSR count). The zero-order valence-electron chi connectivity index (χ0n) is 7.54. The number of carbonyl (C=O) groups excluding carboxylic acids is 1. The van der Waals surface area contributed by atoms with Crippen LogP contribution in [0.2, 0.25) is 5.02 Å². The van der Waals surface area contributed by atoms with Crippen LogP contribution in [0.3, 0.4) is 0 Å². The maximum Gasteiger partial charge on any atom is 0.195 e. The van der Waals surface area contributed by atoms with Crippen molar-refractivity contribution in [3.05, 3.63) is 55.6 Å². The lowest BCUT2D eigenvalue weighted by Crippen LogP contribution is -1.99. The van der Waals surface area contributed by atoms with Crippen molar-refractivity contribution in [3.8, 4) is 0 Å². The summed E-state index contributed by atoms with van der Waals surface area (Å²) < 4.78 is 0.863. The van der Waals surface area contributed by atoms with Gasteiger partial charge in [0.15, 0.2) is 5.78 Å². The Morgan fingerprint density at radius 3 is 2.40 bits per heavy atom. The van der Waals surface area contributed by atoms with Gasteiger partial charge in [0, 0.05) is 16.1 Å². The minimum absolute atomic E-state index is 0.0137. The molecule has 2 aromatic rings. The van der Waals surface area contributed by atoms with Crippen LogP contribution in [-0.2, 0) is 0 Å². The predicted octanol–water partition coefficient (Wildman–Crippen LogP) is 4.40. The van der Waals surface area contributed by atoms with Gasteiger partial charge in [-0.2, -0.15) is 0 Å². The van der Waals surface area contributed by atoms with E-state index < -0.39 is 0 Å². The fourth-order valence-electron chi connectivity index (χ4n) is 1.21. The highest BCUT2D eigenvalue weighted by Crippen LogP contribution is 2.26. The van der Waals surface area contributed by atoms with E-state index in [1.54, 1.807) is 24.3 Å². The summed E-state index contributed by atoms with van der Waals surface area (Å²) in [6.45, 7) is 0. The van der Waals surface area contributed by atoms with E-state index in [0.717, 1.165) is 3.79 Å². The van der Waals surface area contributed by atoms with Crippen molar-refractivity contribution in [1.82, 2.24) is 0 Å². The van der Waals surface area contributed by atoms with Gasteiger partial charge in [-0.3, -0.25) is 4.79 Å². The summed E-state index contributed by atoms with van der Waals surface area (Å²) in [5.41, 5.74) is 1.35. The molecule has 1 aromatic carbocycles. The molecule has 0 unspecified atom stereocenters. The standard InChI is InChI=1S/C11H6BrClOS/c12-11-9(5-6-15-11)10(14)7-1-3-8(13)4-2-7/h1-6H. The summed E-state index contributed by atoms with van der Waals surface area (Å²) >= 11 is 10.6. The van der Waals surface area contributed by atoms with Crippen LogP contribution in [0.5, 0.6) is 0 Å². The molecule has 4 heteroatoms. The van der Waals surface area contributed by atoms with Gasteiger partial charge in [0.1, 0.15) is 0 Å². The van der Waals surface area contributed by atoms with Gasteiger partial charge in [-0.1, -0.05) is 11.6 Å². The summed E-state index contributed by atoms with van der Waals surface area (Å²) in [5.74, 6) is 0.0137. The summed E-state index contributed by atoms with van der Waals surface area (Å²) in [5, 5.41) is 2.52. The van der Waals surface area contributed by atoms with Gasteiger partial charge >= 0.3 is 0 Å². The number of ketones is 1. The Hall–Kier alpha value is -0.640. The molecule has 0 bridgehead atoms. The summed E-state index contributed by atoms with van der Waals surface area (Å²) in [6.07, 6.45) is 0. The molecule has 0 aliphatic rings. The van der Waals surface area contributed by atoms with Crippen molar-refractivity contribution in [3.63, 3.8) is 0 Å². The minimum Gasteiger partial charge on any atom is -0.289 e. The minimum atomic E-state index is 0.0137. The fourth-order valence-corrected chi connectivity index (χ4v) is 2.59. The largest absolute Gasteiger partial charge is 0.289 e. The van der Waals surface area contributed by atoms with Crippen LogP contribution in [0.1, 0.15) is 15.9 Å². The molecule has 0 saturated heterocycles. The van der Waals surface area contributed by atoms with Crippen molar-refractivity contribution in [1.29, 1.82) is 0 Å². The summed E-state index contributed by atoms with van der Waals surface area (Å²) in [7, 11) is 0. The molecule has 1 heterocycles. The molecule has 1 aromatic heterocycles. The van der Waals surface area contributed by atoms with E-state index in [0.29, 0.717) is 16.1 Å². The topological polar surface area (TPSA) is 17.1 Å².